The van der Waals surface area contributed by atoms with Gasteiger partial charge in [0.2, 0.25) is 0 Å². The first-order valence-corrected chi connectivity index (χ1v) is 41.1. The van der Waals surface area contributed by atoms with E-state index in [4.69, 9.17) is 57.0 Å². The fourth-order valence-electron chi connectivity index (χ4n) is 17.1. The molecule has 0 saturated carbocycles. The van der Waals surface area contributed by atoms with Crippen LogP contribution < -0.4 is 18.9 Å². The Balaban J connectivity index is 0.776. The quantitative estimate of drug-likeness (QED) is 0.0371. The second-order valence-corrected chi connectivity index (χ2v) is 30.8. The molecule has 15 rings (SSSR count). The zero-order valence-electron chi connectivity index (χ0n) is 65.6. The lowest BCUT2D eigenvalue weighted by atomic mass is 9.88. The van der Waals surface area contributed by atoms with Crippen LogP contribution in [0.3, 0.4) is 0 Å². The number of hydrogen-bond acceptors (Lipinski definition) is 14. The van der Waals surface area contributed by atoms with Crippen molar-refractivity contribution in [3.05, 3.63) is 332 Å². The topological polar surface area (TPSA) is 117 Å². The van der Waals surface area contributed by atoms with E-state index in [0.29, 0.717) is 118 Å². The lowest BCUT2D eigenvalue weighted by Crippen LogP contribution is -2.42. The van der Waals surface area contributed by atoms with E-state index in [1.165, 1.54) is 11.1 Å². The van der Waals surface area contributed by atoms with E-state index in [1.54, 1.807) is 0 Å². The fourth-order valence-corrected chi connectivity index (χ4v) is 17.1. The average Bonchev–Trinajstić information content (AvgIpc) is 1.52. The van der Waals surface area contributed by atoms with Gasteiger partial charge in [0.25, 0.3) is 0 Å². The highest BCUT2D eigenvalue weighted by atomic mass is 16.7. The third-order valence-corrected chi connectivity index (χ3v) is 22.2. The molecule has 14 heteroatoms. The molecule has 0 amide bonds. The Labute approximate surface area is 663 Å². The molecule has 0 aromatic heterocycles. The molecular formula is C98H110N2O12. The molecule has 0 radical (unpaired) electrons. The minimum Gasteiger partial charge on any atom is -0.493 e. The predicted molar refractivity (Wildman–Crippen MR) is 438 cm³/mol. The van der Waals surface area contributed by atoms with E-state index >= 15 is 0 Å². The van der Waals surface area contributed by atoms with E-state index in [-0.39, 0.29) is 60.8 Å². The molecule has 0 unspecified atom stereocenters. The summed E-state index contributed by atoms with van der Waals surface area (Å²) >= 11 is 0. The number of rotatable bonds is 36. The summed E-state index contributed by atoms with van der Waals surface area (Å²) in [7, 11) is 0. The molecule has 1 aliphatic carbocycles. The maximum absolute atomic E-state index is 7.37. The number of para-hydroxylation sites is 2. The lowest BCUT2D eigenvalue weighted by Gasteiger charge is -2.29. The summed E-state index contributed by atoms with van der Waals surface area (Å²) in [5, 5.41) is 4.38. The summed E-state index contributed by atoms with van der Waals surface area (Å²) in [6.45, 7) is 14.4. The van der Waals surface area contributed by atoms with Gasteiger partial charge in [0.05, 0.1) is 116 Å². The average molecular weight is 1510 g/mol. The molecule has 0 N–H and O–H groups in total. The minimum absolute atomic E-state index is 0.106. The van der Waals surface area contributed by atoms with Crippen LogP contribution in [0.2, 0.25) is 0 Å². The number of benzene rings is 10. The Hall–Kier alpha value is -9.00. The summed E-state index contributed by atoms with van der Waals surface area (Å²) in [6.07, 6.45) is 6.74. The van der Waals surface area contributed by atoms with Crippen molar-refractivity contribution in [1.29, 1.82) is 0 Å². The van der Waals surface area contributed by atoms with Crippen LogP contribution in [-0.4, -0.2) is 111 Å². The van der Waals surface area contributed by atoms with Crippen LogP contribution in [-0.2, 0) is 116 Å². The van der Waals surface area contributed by atoms with E-state index in [0.717, 1.165) is 139 Å². The molecule has 14 nitrogen and oxygen atoms in total. The maximum Gasteiger partial charge on any atom is 0.126 e. The van der Waals surface area contributed by atoms with Crippen molar-refractivity contribution in [3.63, 3.8) is 0 Å². The zero-order chi connectivity index (χ0) is 76.2. The van der Waals surface area contributed by atoms with Crippen LogP contribution in [0, 0.1) is 0 Å². The second-order valence-electron chi connectivity index (χ2n) is 30.8. The lowest BCUT2D eigenvalue weighted by molar-refractivity contribution is -0.196. The third kappa shape index (κ3) is 19.6. The first kappa shape index (κ1) is 78.3. The van der Waals surface area contributed by atoms with Gasteiger partial charge in [-0.3, -0.25) is 9.68 Å². The van der Waals surface area contributed by atoms with Gasteiger partial charge in [-0.05, 0) is 128 Å². The molecule has 112 heavy (non-hydrogen) atoms. The normalized spacial score (nSPS) is 21.4. The zero-order valence-corrected chi connectivity index (χ0v) is 65.6. The number of hydroxylamine groups is 4. The summed E-state index contributed by atoms with van der Waals surface area (Å²) in [4.78, 5) is 14.7. The van der Waals surface area contributed by atoms with Crippen LogP contribution in [0.1, 0.15) is 155 Å². The van der Waals surface area contributed by atoms with Crippen LogP contribution in [0.15, 0.2) is 243 Å². The number of nitrogens with zero attached hydrogens (tertiary/aromatic N) is 2. The van der Waals surface area contributed by atoms with E-state index in [1.807, 2.05) is 36.4 Å². The third-order valence-electron chi connectivity index (χ3n) is 22.2. The van der Waals surface area contributed by atoms with Gasteiger partial charge < -0.3 is 47.4 Å². The number of fused-ring (bicyclic) bond motifs is 10. The van der Waals surface area contributed by atoms with Crippen molar-refractivity contribution in [3.8, 4) is 23.0 Å². The van der Waals surface area contributed by atoms with Gasteiger partial charge in [-0.25, -0.2) is 0 Å². The van der Waals surface area contributed by atoms with E-state index in [9.17, 15) is 0 Å². The molecule has 4 fully saturated rings. The minimum atomic E-state index is -0.337. The van der Waals surface area contributed by atoms with Gasteiger partial charge >= 0.3 is 0 Å². The molecule has 0 spiro atoms. The Morgan fingerprint density at radius 1 is 0.286 bits per heavy atom. The van der Waals surface area contributed by atoms with Crippen molar-refractivity contribution in [2.75, 3.05) is 39.6 Å². The number of hydrogen-bond donors (Lipinski definition) is 0. The molecule has 10 atom stereocenters. The van der Waals surface area contributed by atoms with Crippen LogP contribution >= 0.6 is 0 Å². The Morgan fingerprint density at radius 3 is 0.821 bits per heavy atom. The fraction of sp³-hybridized carbons (Fsp3) is 0.388. The first-order chi connectivity index (χ1) is 55.3. The molecular weight excluding hydrogens is 1400 g/mol. The molecule has 584 valence electrons. The predicted octanol–water partition coefficient (Wildman–Crippen LogP) is 18.9. The largest absolute Gasteiger partial charge is 0.493 e. The summed E-state index contributed by atoms with van der Waals surface area (Å²) in [5.41, 5.74) is 17.8. The molecule has 4 heterocycles. The smallest absolute Gasteiger partial charge is 0.126 e. The van der Waals surface area contributed by atoms with Crippen molar-refractivity contribution in [2.45, 2.75) is 205 Å². The van der Waals surface area contributed by atoms with Crippen molar-refractivity contribution in [1.82, 2.24) is 10.1 Å². The van der Waals surface area contributed by atoms with Gasteiger partial charge in [0.15, 0.2) is 0 Å². The highest BCUT2D eigenvalue weighted by Gasteiger charge is 2.58. The summed E-state index contributed by atoms with van der Waals surface area (Å²) in [6, 6.07) is 84.8. The Morgan fingerprint density at radius 2 is 0.545 bits per heavy atom. The van der Waals surface area contributed by atoms with Gasteiger partial charge in [0, 0.05) is 38.5 Å². The first-order valence-electron chi connectivity index (χ1n) is 41.1. The molecule has 10 aromatic carbocycles. The molecule has 4 aliphatic heterocycles. The van der Waals surface area contributed by atoms with Gasteiger partial charge in [-0.2, -0.15) is 10.1 Å². The van der Waals surface area contributed by atoms with E-state index in [2.05, 4.69) is 244 Å². The van der Waals surface area contributed by atoms with Crippen LogP contribution in [0.4, 0.5) is 0 Å². The standard InChI is InChI=1S/C98H110N2O12/c1-5-45-103-91-77-41-27-42-78(91)56-82-50-76(54-86-60-88-96(108-64-72-35-21-12-22-36-72)98(110-66-74-39-25-14-26-40-74)90(100(88)112-86)68-102-62-70-31-17-10-18-32-70)52-84(94(82)106-48-8-4)58-80-44-28-43-79(92(80)104-46-6-2)57-83-51-75(49-81(55-77)93(83)105-47-7-3)53-85-59-87-95(107-63-71-33-19-11-20-34-71)97(109-65-73-37-23-13-24-38-73)89(99(87)111-85)67-101-61-69-29-15-9-16-30-69/h9-44,49-52,85-90,95-98H,5-8,45-48,53-68H2,1-4H3/t85-,86-,87+,88+,89+,90+,95+,96+,97+,98+/m0/s1. The summed E-state index contributed by atoms with van der Waals surface area (Å²) in [5.74, 6) is 3.61. The molecule has 8 bridgehead atoms. The maximum atomic E-state index is 7.37. The second kappa shape index (κ2) is 39.2. The Bertz CT molecular complexity index is 4180. The van der Waals surface area contributed by atoms with Crippen LogP contribution in [0.5, 0.6) is 23.0 Å². The number of ether oxygens (including phenoxy) is 10. The molecule has 10 aromatic rings. The highest BCUT2D eigenvalue weighted by Crippen LogP contribution is 2.46. The Kier molecular flexibility index (Phi) is 27.4. The van der Waals surface area contributed by atoms with Crippen molar-refractivity contribution >= 4 is 0 Å². The molecule has 5 aliphatic rings. The molecule has 4 saturated heterocycles. The van der Waals surface area contributed by atoms with Gasteiger partial charge in [-0.1, -0.05) is 270 Å². The van der Waals surface area contributed by atoms with Crippen molar-refractivity contribution < 1.29 is 57.0 Å². The SMILES string of the molecule is CCCOc1c2cccc1Cc1cc(C[C@H]3C[C@@H]4[C@@H](OCc5ccccc5)[C@H](OCc5ccccc5)[C@@H](COCc5ccccc5)N4O3)cc(c1OCCC)Cc1cccc(c1OCCC)Cc1cc(C[C@H]3C[C@@H]4[C@@H](OCc5ccccc5)[C@H](OCc5ccccc5)[C@@H](COCc5ccccc5)N4O3)cc(c1OCCC)C2. The van der Waals surface area contributed by atoms with Crippen molar-refractivity contribution in [2.24, 2.45) is 0 Å². The monoisotopic (exact) mass is 1510 g/mol. The summed E-state index contributed by atoms with van der Waals surface area (Å²) < 4.78 is 70.2. The van der Waals surface area contributed by atoms with Gasteiger partial charge in [0.1, 0.15) is 47.4 Å². The van der Waals surface area contributed by atoms with E-state index < -0.39 is 0 Å². The van der Waals surface area contributed by atoms with Crippen LogP contribution in [0.25, 0.3) is 0 Å². The van der Waals surface area contributed by atoms with Gasteiger partial charge in [-0.15, -0.1) is 0 Å². The highest BCUT2D eigenvalue weighted by molar-refractivity contribution is 5.58.